The van der Waals surface area contributed by atoms with Crippen molar-refractivity contribution in [3.63, 3.8) is 0 Å². The minimum Gasteiger partial charge on any atom is -0.481 e. The largest absolute Gasteiger partial charge is 0.481 e. The van der Waals surface area contributed by atoms with Gasteiger partial charge in [-0.25, -0.2) is 4.39 Å². The molecule has 1 aliphatic heterocycles. The van der Waals surface area contributed by atoms with Crippen molar-refractivity contribution in [1.82, 2.24) is 4.90 Å². The highest BCUT2D eigenvalue weighted by atomic mass is 35.5. The van der Waals surface area contributed by atoms with Crippen molar-refractivity contribution < 1.29 is 19.1 Å². The lowest BCUT2D eigenvalue weighted by Gasteiger charge is -2.20. The van der Waals surface area contributed by atoms with E-state index in [2.05, 4.69) is 0 Å². The summed E-state index contributed by atoms with van der Waals surface area (Å²) in [5.74, 6) is -1.51. The van der Waals surface area contributed by atoms with Crippen LogP contribution in [0.5, 0.6) is 0 Å². The summed E-state index contributed by atoms with van der Waals surface area (Å²) >= 11 is 5.77. The molecule has 1 aliphatic rings. The van der Waals surface area contributed by atoms with Crippen molar-refractivity contribution >= 4 is 23.5 Å². The SMILES string of the molecule is O=C(O)C[C@@H]1CCCN(C(=O)c2cc(F)cc(Cl)c2)CC1. The summed E-state index contributed by atoms with van der Waals surface area (Å²) < 4.78 is 13.3. The first-order valence-electron chi connectivity index (χ1n) is 6.93. The van der Waals surface area contributed by atoms with Crippen molar-refractivity contribution in [2.24, 2.45) is 5.92 Å². The van der Waals surface area contributed by atoms with Gasteiger partial charge in [0.15, 0.2) is 0 Å². The van der Waals surface area contributed by atoms with Crippen molar-refractivity contribution in [2.45, 2.75) is 25.7 Å². The van der Waals surface area contributed by atoms with Crippen LogP contribution in [0.15, 0.2) is 18.2 Å². The van der Waals surface area contributed by atoms with Crippen LogP contribution in [0.3, 0.4) is 0 Å². The lowest BCUT2D eigenvalue weighted by atomic mass is 9.97. The van der Waals surface area contributed by atoms with Crippen molar-refractivity contribution in [1.29, 1.82) is 0 Å². The highest BCUT2D eigenvalue weighted by molar-refractivity contribution is 6.31. The Morgan fingerprint density at radius 3 is 2.71 bits per heavy atom. The zero-order valence-corrected chi connectivity index (χ0v) is 12.3. The van der Waals surface area contributed by atoms with Crippen LogP contribution in [0.4, 0.5) is 4.39 Å². The number of amides is 1. The van der Waals surface area contributed by atoms with Gasteiger partial charge < -0.3 is 10.0 Å². The fraction of sp³-hybridized carbons (Fsp3) is 0.467. The van der Waals surface area contributed by atoms with Crippen molar-refractivity contribution in [3.8, 4) is 0 Å². The molecule has 0 aliphatic carbocycles. The smallest absolute Gasteiger partial charge is 0.303 e. The van der Waals surface area contributed by atoms with E-state index in [9.17, 15) is 14.0 Å². The summed E-state index contributed by atoms with van der Waals surface area (Å²) in [5.41, 5.74) is 0.233. The summed E-state index contributed by atoms with van der Waals surface area (Å²) in [5, 5.41) is 9.03. The molecule has 1 amide bonds. The number of carbonyl (C=O) groups is 2. The number of carboxylic acid groups (broad SMARTS) is 1. The molecular weight excluding hydrogens is 297 g/mol. The van der Waals surface area contributed by atoms with Crippen LogP contribution in [-0.4, -0.2) is 35.0 Å². The van der Waals surface area contributed by atoms with Gasteiger partial charge in [0.05, 0.1) is 0 Å². The summed E-state index contributed by atoms with van der Waals surface area (Å²) in [7, 11) is 0. The predicted octanol–water partition coefficient (Wildman–Crippen LogP) is 3.20. The van der Waals surface area contributed by atoms with Crippen LogP contribution >= 0.6 is 11.6 Å². The first kappa shape index (κ1) is 15.8. The third kappa shape index (κ3) is 4.43. The molecule has 1 saturated heterocycles. The number of nitrogens with zero attached hydrogens (tertiary/aromatic N) is 1. The zero-order valence-electron chi connectivity index (χ0n) is 11.5. The Labute approximate surface area is 127 Å². The highest BCUT2D eigenvalue weighted by Crippen LogP contribution is 2.23. The number of carbonyl (C=O) groups excluding carboxylic acids is 1. The van der Waals surface area contributed by atoms with Crippen LogP contribution in [-0.2, 0) is 4.79 Å². The van der Waals surface area contributed by atoms with Crippen LogP contribution in [0, 0.1) is 11.7 Å². The average molecular weight is 314 g/mol. The number of hydrogen-bond donors (Lipinski definition) is 1. The second-order valence-electron chi connectivity index (χ2n) is 5.35. The summed E-state index contributed by atoms with van der Waals surface area (Å²) in [6.45, 7) is 1.05. The lowest BCUT2D eigenvalue weighted by molar-refractivity contribution is -0.138. The Morgan fingerprint density at radius 1 is 1.29 bits per heavy atom. The third-order valence-corrected chi connectivity index (χ3v) is 3.93. The van der Waals surface area contributed by atoms with Gasteiger partial charge in [0, 0.05) is 30.1 Å². The number of hydrogen-bond acceptors (Lipinski definition) is 2. The van der Waals surface area contributed by atoms with Gasteiger partial charge in [-0.05, 0) is 43.4 Å². The molecule has 0 bridgehead atoms. The van der Waals surface area contributed by atoms with E-state index in [0.717, 1.165) is 18.9 Å². The average Bonchev–Trinajstić information content (AvgIpc) is 2.61. The third-order valence-electron chi connectivity index (χ3n) is 3.71. The Bertz CT molecular complexity index is 529. The quantitative estimate of drug-likeness (QED) is 0.932. The first-order valence-corrected chi connectivity index (χ1v) is 7.30. The Morgan fingerprint density at radius 2 is 2.05 bits per heavy atom. The molecule has 2 rings (SSSR count). The minimum absolute atomic E-state index is 0.0939. The van der Waals surface area contributed by atoms with E-state index in [1.165, 1.54) is 12.1 Å². The maximum absolute atomic E-state index is 13.3. The Kier molecular flexibility index (Phi) is 5.17. The molecule has 1 heterocycles. The first-order chi connectivity index (χ1) is 9.95. The highest BCUT2D eigenvalue weighted by Gasteiger charge is 2.23. The number of rotatable bonds is 3. The maximum atomic E-state index is 13.3. The molecule has 1 fully saturated rings. The normalized spacial score (nSPS) is 19.1. The molecule has 4 nitrogen and oxygen atoms in total. The van der Waals surface area contributed by atoms with Crippen LogP contribution in [0.1, 0.15) is 36.0 Å². The summed E-state index contributed by atoms with van der Waals surface area (Å²) in [6, 6.07) is 3.78. The van der Waals surface area contributed by atoms with Gasteiger partial charge in [0.25, 0.3) is 5.91 Å². The lowest BCUT2D eigenvalue weighted by Crippen LogP contribution is -2.32. The van der Waals surface area contributed by atoms with E-state index in [4.69, 9.17) is 16.7 Å². The number of halogens is 2. The molecule has 21 heavy (non-hydrogen) atoms. The van der Waals surface area contributed by atoms with Crippen molar-refractivity contribution in [2.75, 3.05) is 13.1 Å². The molecule has 6 heteroatoms. The van der Waals surface area contributed by atoms with Gasteiger partial charge in [-0.15, -0.1) is 0 Å². The Hall–Kier alpha value is -1.62. The topological polar surface area (TPSA) is 57.6 Å². The number of carboxylic acids is 1. The van der Waals surface area contributed by atoms with E-state index >= 15 is 0 Å². The van der Waals surface area contributed by atoms with Crippen LogP contribution < -0.4 is 0 Å². The number of aliphatic carboxylic acids is 1. The molecule has 0 aromatic heterocycles. The molecule has 0 unspecified atom stereocenters. The minimum atomic E-state index is -0.809. The van der Waals surface area contributed by atoms with E-state index in [-0.39, 0.29) is 28.8 Å². The monoisotopic (exact) mass is 313 g/mol. The molecule has 1 aromatic carbocycles. The van der Waals surface area contributed by atoms with E-state index in [1.54, 1.807) is 4.90 Å². The van der Waals surface area contributed by atoms with Gasteiger partial charge >= 0.3 is 5.97 Å². The fourth-order valence-corrected chi connectivity index (χ4v) is 2.90. The standard InChI is InChI=1S/C15H17ClFNO3/c16-12-7-11(8-13(17)9-12)15(21)18-4-1-2-10(3-5-18)6-14(19)20/h7-10H,1-6H2,(H,19,20)/t10-/m1/s1. The number of benzene rings is 1. The van der Waals surface area contributed by atoms with E-state index in [0.29, 0.717) is 19.5 Å². The van der Waals surface area contributed by atoms with Gasteiger partial charge in [0.1, 0.15) is 5.82 Å². The van der Waals surface area contributed by atoms with Gasteiger partial charge in [0.2, 0.25) is 0 Å². The summed E-state index contributed by atoms with van der Waals surface area (Å²) in [4.78, 5) is 24.8. The van der Waals surface area contributed by atoms with Gasteiger partial charge in [-0.1, -0.05) is 11.6 Å². The molecule has 0 saturated carbocycles. The zero-order chi connectivity index (χ0) is 15.4. The molecule has 1 atom stereocenters. The molecule has 0 radical (unpaired) electrons. The van der Waals surface area contributed by atoms with Crippen LogP contribution in [0.2, 0.25) is 5.02 Å². The van der Waals surface area contributed by atoms with E-state index < -0.39 is 11.8 Å². The molecular formula is C15H17ClFNO3. The second-order valence-corrected chi connectivity index (χ2v) is 5.78. The second kappa shape index (κ2) is 6.89. The Balaban J connectivity index is 2.04. The summed E-state index contributed by atoms with van der Waals surface area (Å²) in [6.07, 6.45) is 2.33. The molecule has 114 valence electrons. The van der Waals surface area contributed by atoms with E-state index in [1.807, 2.05) is 0 Å². The molecule has 1 N–H and O–H groups in total. The van der Waals surface area contributed by atoms with Gasteiger partial charge in [-0.3, -0.25) is 9.59 Å². The predicted molar refractivity (Wildman–Crippen MR) is 76.9 cm³/mol. The van der Waals surface area contributed by atoms with Gasteiger partial charge in [-0.2, -0.15) is 0 Å². The maximum Gasteiger partial charge on any atom is 0.303 e. The molecule has 0 spiro atoms. The fourth-order valence-electron chi connectivity index (χ4n) is 2.68. The van der Waals surface area contributed by atoms with Crippen LogP contribution in [0.25, 0.3) is 0 Å². The molecule has 1 aromatic rings. The number of likely N-dealkylation sites (tertiary alicyclic amines) is 1. The van der Waals surface area contributed by atoms with Crippen molar-refractivity contribution in [3.05, 3.63) is 34.6 Å².